The number of hydrogen-bond acceptors (Lipinski definition) is 2. The van der Waals surface area contributed by atoms with E-state index in [4.69, 9.17) is 0 Å². The second-order valence-electron chi connectivity index (χ2n) is 7.06. The smallest absolute Gasteiger partial charge is 0.233 e. The van der Waals surface area contributed by atoms with Crippen molar-refractivity contribution in [3.63, 3.8) is 0 Å². The molecule has 2 unspecified atom stereocenters. The van der Waals surface area contributed by atoms with Crippen LogP contribution in [0.3, 0.4) is 0 Å². The first-order valence-electron chi connectivity index (χ1n) is 7.84. The summed E-state index contributed by atoms with van der Waals surface area (Å²) >= 11 is 0. The lowest BCUT2D eigenvalue weighted by Crippen LogP contribution is -2.47. The van der Waals surface area contributed by atoms with Crippen LogP contribution in [0.15, 0.2) is 30.3 Å². The molecule has 0 saturated heterocycles. The summed E-state index contributed by atoms with van der Waals surface area (Å²) in [5.41, 5.74) is 0.151. The molecule has 21 heavy (non-hydrogen) atoms. The summed E-state index contributed by atoms with van der Waals surface area (Å²) in [4.78, 5) is 25.2. The number of Topliss-reactive ketones (excluding diaryl/α,β-unsaturated/α-hetero) is 1. The Balaban J connectivity index is 1.62. The highest BCUT2D eigenvalue weighted by molar-refractivity contribution is 6.10. The van der Waals surface area contributed by atoms with Gasteiger partial charge in [0, 0.05) is 12.0 Å². The topological polar surface area (TPSA) is 46.2 Å². The fourth-order valence-corrected chi connectivity index (χ4v) is 4.11. The van der Waals surface area contributed by atoms with Crippen molar-refractivity contribution in [2.75, 3.05) is 6.54 Å². The van der Waals surface area contributed by atoms with Crippen LogP contribution in [0.5, 0.6) is 0 Å². The Morgan fingerprint density at radius 1 is 1.29 bits per heavy atom. The van der Waals surface area contributed by atoms with Gasteiger partial charge in [-0.05, 0) is 37.2 Å². The van der Waals surface area contributed by atoms with Gasteiger partial charge in [0.1, 0.15) is 5.41 Å². The summed E-state index contributed by atoms with van der Waals surface area (Å²) < 4.78 is 0. The predicted molar refractivity (Wildman–Crippen MR) is 81.7 cm³/mol. The van der Waals surface area contributed by atoms with E-state index in [-0.39, 0.29) is 17.1 Å². The second-order valence-corrected chi connectivity index (χ2v) is 7.06. The quantitative estimate of drug-likeness (QED) is 0.865. The van der Waals surface area contributed by atoms with Gasteiger partial charge in [-0.2, -0.15) is 0 Å². The molecule has 3 nitrogen and oxygen atoms in total. The Labute approximate surface area is 126 Å². The van der Waals surface area contributed by atoms with Gasteiger partial charge in [0.25, 0.3) is 0 Å². The molecule has 1 N–H and O–H groups in total. The molecule has 0 aliphatic heterocycles. The van der Waals surface area contributed by atoms with Gasteiger partial charge < -0.3 is 5.32 Å². The lowest BCUT2D eigenvalue weighted by atomic mass is 9.70. The van der Waals surface area contributed by atoms with E-state index in [2.05, 4.69) is 17.4 Å². The summed E-state index contributed by atoms with van der Waals surface area (Å²) in [5, 5.41) is 3.00. The number of ketones is 1. The SMILES string of the molecule is CC1(C)C(=O)C2(C(=O)NCCc3ccccc3)CCC1C2. The van der Waals surface area contributed by atoms with Crippen molar-refractivity contribution in [1.29, 1.82) is 0 Å². The average molecular weight is 285 g/mol. The minimum atomic E-state index is -0.731. The van der Waals surface area contributed by atoms with Gasteiger partial charge in [-0.25, -0.2) is 0 Å². The van der Waals surface area contributed by atoms with Gasteiger partial charge in [0.05, 0.1) is 0 Å². The zero-order valence-electron chi connectivity index (χ0n) is 12.8. The van der Waals surface area contributed by atoms with Crippen molar-refractivity contribution in [3.05, 3.63) is 35.9 Å². The summed E-state index contributed by atoms with van der Waals surface area (Å²) in [7, 11) is 0. The van der Waals surface area contributed by atoms with Gasteiger partial charge in [-0.3, -0.25) is 9.59 Å². The van der Waals surface area contributed by atoms with Crippen LogP contribution in [0.4, 0.5) is 0 Å². The van der Waals surface area contributed by atoms with E-state index in [0.29, 0.717) is 12.5 Å². The van der Waals surface area contributed by atoms with E-state index in [1.807, 2.05) is 32.0 Å². The lowest BCUT2D eigenvalue weighted by molar-refractivity contribution is -0.145. The molecule has 0 heterocycles. The first-order valence-corrected chi connectivity index (χ1v) is 7.84. The van der Waals surface area contributed by atoms with Crippen LogP contribution in [-0.4, -0.2) is 18.2 Å². The number of rotatable bonds is 4. The number of benzene rings is 1. The highest BCUT2D eigenvalue weighted by Gasteiger charge is 2.64. The van der Waals surface area contributed by atoms with Gasteiger partial charge in [-0.1, -0.05) is 44.2 Å². The lowest BCUT2D eigenvalue weighted by Gasteiger charge is -2.32. The Morgan fingerprint density at radius 2 is 2.00 bits per heavy atom. The Hall–Kier alpha value is -1.64. The molecule has 1 aromatic carbocycles. The molecule has 1 aromatic rings. The van der Waals surface area contributed by atoms with Crippen molar-refractivity contribution >= 4 is 11.7 Å². The van der Waals surface area contributed by atoms with E-state index in [1.165, 1.54) is 5.56 Å². The van der Waals surface area contributed by atoms with Crippen LogP contribution in [0, 0.1) is 16.7 Å². The van der Waals surface area contributed by atoms with E-state index in [1.54, 1.807) is 0 Å². The summed E-state index contributed by atoms with van der Waals surface area (Å²) in [6.45, 7) is 4.60. The molecule has 2 bridgehead atoms. The second kappa shape index (κ2) is 4.97. The van der Waals surface area contributed by atoms with Crippen LogP contribution < -0.4 is 5.32 Å². The van der Waals surface area contributed by atoms with E-state index >= 15 is 0 Å². The van der Waals surface area contributed by atoms with Crippen LogP contribution >= 0.6 is 0 Å². The molecule has 2 saturated carbocycles. The van der Waals surface area contributed by atoms with Gasteiger partial charge in [0.15, 0.2) is 5.78 Å². The third kappa shape index (κ3) is 2.19. The van der Waals surface area contributed by atoms with E-state index < -0.39 is 5.41 Å². The maximum atomic E-state index is 12.6. The van der Waals surface area contributed by atoms with Crippen LogP contribution in [0.2, 0.25) is 0 Å². The van der Waals surface area contributed by atoms with Gasteiger partial charge >= 0.3 is 0 Å². The molecular weight excluding hydrogens is 262 g/mol. The Morgan fingerprint density at radius 3 is 2.62 bits per heavy atom. The van der Waals surface area contributed by atoms with Crippen LogP contribution in [0.1, 0.15) is 38.7 Å². The molecule has 2 fully saturated rings. The molecule has 2 atom stereocenters. The predicted octanol–water partition coefficient (Wildman–Crippen LogP) is 2.74. The van der Waals surface area contributed by atoms with Crippen LogP contribution in [0.25, 0.3) is 0 Å². The van der Waals surface area contributed by atoms with Crippen molar-refractivity contribution in [3.8, 4) is 0 Å². The molecule has 3 heteroatoms. The molecule has 2 aliphatic rings. The normalized spacial score (nSPS) is 29.6. The Bertz CT molecular complexity index is 564. The number of hydrogen-bond donors (Lipinski definition) is 1. The van der Waals surface area contributed by atoms with Crippen molar-refractivity contribution in [2.24, 2.45) is 16.7 Å². The summed E-state index contributed by atoms with van der Waals surface area (Å²) in [6, 6.07) is 10.1. The maximum absolute atomic E-state index is 12.6. The molecule has 112 valence electrons. The highest BCUT2D eigenvalue weighted by atomic mass is 16.2. The molecule has 2 aliphatic carbocycles. The van der Waals surface area contributed by atoms with Gasteiger partial charge in [0.2, 0.25) is 5.91 Å². The highest BCUT2D eigenvalue weighted by Crippen LogP contribution is 2.60. The number of nitrogens with one attached hydrogen (secondary N) is 1. The average Bonchev–Trinajstić information content (AvgIpc) is 3.00. The van der Waals surface area contributed by atoms with E-state index in [0.717, 1.165) is 25.7 Å². The fourth-order valence-electron chi connectivity index (χ4n) is 4.11. The third-order valence-corrected chi connectivity index (χ3v) is 5.53. The molecule has 0 spiro atoms. The number of amides is 1. The van der Waals surface area contributed by atoms with Gasteiger partial charge in [-0.15, -0.1) is 0 Å². The zero-order chi connectivity index (χ0) is 15.1. The van der Waals surface area contributed by atoms with E-state index in [9.17, 15) is 9.59 Å². The van der Waals surface area contributed by atoms with Crippen LogP contribution in [-0.2, 0) is 16.0 Å². The Kier molecular flexibility index (Phi) is 3.39. The first kappa shape index (κ1) is 14.3. The molecule has 3 rings (SSSR count). The zero-order valence-corrected chi connectivity index (χ0v) is 12.8. The van der Waals surface area contributed by atoms with Crippen molar-refractivity contribution < 1.29 is 9.59 Å². The van der Waals surface area contributed by atoms with Crippen molar-refractivity contribution in [1.82, 2.24) is 5.32 Å². The largest absolute Gasteiger partial charge is 0.355 e. The molecule has 0 aromatic heterocycles. The summed E-state index contributed by atoms with van der Waals surface area (Å²) in [5.74, 6) is 0.491. The monoisotopic (exact) mass is 285 g/mol. The van der Waals surface area contributed by atoms with Crippen molar-refractivity contribution in [2.45, 2.75) is 39.5 Å². The standard InChI is InChI=1S/C18H23NO2/c1-17(2)14-8-10-18(12-14,15(17)20)16(21)19-11-9-13-6-4-3-5-7-13/h3-7,14H,8-12H2,1-2H3,(H,19,21). The number of carbonyl (C=O) groups is 2. The molecular formula is C18H23NO2. The first-order chi connectivity index (χ1) is 9.97. The maximum Gasteiger partial charge on any atom is 0.233 e. The summed E-state index contributed by atoms with van der Waals surface area (Å²) in [6.07, 6.45) is 3.29. The molecule has 1 amide bonds. The number of fused-ring (bicyclic) bond motifs is 2. The number of carbonyl (C=O) groups excluding carboxylic acids is 2. The minimum Gasteiger partial charge on any atom is -0.355 e. The minimum absolute atomic E-state index is 0.0449. The third-order valence-electron chi connectivity index (χ3n) is 5.53. The fraction of sp³-hybridized carbons (Fsp3) is 0.556. The molecule has 0 radical (unpaired) electrons.